The molecule has 7 heteroatoms. The number of hydrogen-bond donors (Lipinski definition) is 1. The summed E-state index contributed by atoms with van der Waals surface area (Å²) in [5.74, 6) is 0.0352. The maximum atomic E-state index is 14.1. The second kappa shape index (κ2) is 5.00. The third-order valence-electron chi connectivity index (χ3n) is 2.73. The van der Waals surface area contributed by atoms with Gasteiger partial charge >= 0.3 is 0 Å². The first kappa shape index (κ1) is 12.7. The molecule has 0 aliphatic heterocycles. The van der Waals surface area contributed by atoms with E-state index in [-0.39, 0.29) is 11.3 Å². The van der Waals surface area contributed by atoms with Gasteiger partial charge in [-0.05, 0) is 41.9 Å². The van der Waals surface area contributed by atoms with E-state index in [2.05, 4.69) is 10.2 Å². The number of nitrogens with one attached hydrogen (secondary N) is 1. The van der Waals surface area contributed by atoms with Gasteiger partial charge in [-0.15, -0.1) is 11.3 Å². The van der Waals surface area contributed by atoms with Crippen LogP contribution in [0.5, 0.6) is 0 Å². The standard InChI is InChI=1S/C13H7FN4S2/c14-9-6-8(7-15)3-4-10(9)18-12(16-17-13(18)19)11-2-1-5-20-11/h1-6H,(H,17,19). The minimum Gasteiger partial charge on any atom is -0.264 e. The number of hydrogen-bond acceptors (Lipinski definition) is 4. The topological polar surface area (TPSA) is 57.4 Å². The van der Waals surface area contributed by atoms with Gasteiger partial charge in [-0.25, -0.2) is 4.39 Å². The minimum absolute atomic E-state index is 0.263. The molecule has 0 saturated carbocycles. The van der Waals surface area contributed by atoms with Gasteiger partial charge in [-0.3, -0.25) is 9.67 Å². The van der Waals surface area contributed by atoms with E-state index in [1.807, 2.05) is 23.6 Å². The number of nitrogens with zero attached hydrogens (tertiary/aromatic N) is 3. The van der Waals surface area contributed by atoms with E-state index in [9.17, 15) is 4.39 Å². The zero-order chi connectivity index (χ0) is 14.1. The van der Waals surface area contributed by atoms with Crippen molar-refractivity contribution in [3.05, 3.63) is 51.9 Å². The highest BCUT2D eigenvalue weighted by atomic mass is 32.1. The molecule has 98 valence electrons. The molecule has 0 aliphatic carbocycles. The number of H-pyrrole nitrogens is 1. The zero-order valence-electron chi connectivity index (χ0n) is 10.0. The quantitative estimate of drug-likeness (QED) is 0.735. The molecule has 20 heavy (non-hydrogen) atoms. The van der Waals surface area contributed by atoms with Crippen LogP contribution in [0, 0.1) is 21.9 Å². The zero-order valence-corrected chi connectivity index (χ0v) is 11.6. The fourth-order valence-corrected chi connectivity index (χ4v) is 2.78. The average Bonchev–Trinajstić information content (AvgIpc) is 3.08. The molecule has 0 saturated heterocycles. The summed E-state index contributed by atoms with van der Waals surface area (Å²) < 4.78 is 16.0. The molecule has 3 aromatic rings. The second-order valence-electron chi connectivity index (χ2n) is 3.94. The van der Waals surface area contributed by atoms with Crippen LogP contribution in [0.15, 0.2) is 35.7 Å². The van der Waals surface area contributed by atoms with Crippen molar-refractivity contribution >= 4 is 23.6 Å². The Balaban J connectivity index is 2.24. The summed E-state index contributed by atoms with van der Waals surface area (Å²) in [5.41, 5.74) is 0.532. The van der Waals surface area contributed by atoms with Crippen molar-refractivity contribution in [2.75, 3.05) is 0 Å². The first-order valence-corrected chi connectivity index (χ1v) is 6.91. The maximum absolute atomic E-state index is 14.1. The molecule has 0 amide bonds. The summed E-state index contributed by atoms with van der Waals surface area (Å²) in [7, 11) is 0. The van der Waals surface area contributed by atoms with Crippen molar-refractivity contribution in [3.63, 3.8) is 0 Å². The monoisotopic (exact) mass is 302 g/mol. The Labute approximate surface area is 122 Å². The molecular formula is C13H7FN4S2. The van der Waals surface area contributed by atoms with Crippen molar-refractivity contribution in [2.45, 2.75) is 0 Å². The van der Waals surface area contributed by atoms with Crippen LogP contribution in [0.3, 0.4) is 0 Å². The van der Waals surface area contributed by atoms with Gasteiger partial charge < -0.3 is 0 Å². The lowest BCUT2D eigenvalue weighted by atomic mass is 10.2. The number of rotatable bonds is 2. The largest absolute Gasteiger partial charge is 0.264 e. The molecule has 3 rings (SSSR count). The smallest absolute Gasteiger partial charge is 0.200 e. The van der Waals surface area contributed by atoms with Crippen LogP contribution in [-0.4, -0.2) is 14.8 Å². The normalized spacial score (nSPS) is 10.4. The highest BCUT2D eigenvalue weighted by Gasteiger charge is 2.15. The van der Waals surface area contributed by atoms with Crippen LogP contribution in [0.4, 0.5) is 4.39 Å². The molecule has 0 unspecified atom stereocenters. The highest BCUT2D eigenvalue weighted by molar-refractivity contribution is 7.71. The van der Waals surface area contributed by atoms with E-state index in [1.165, 1.54) is 28.0 Å². The Morgan fingerprint density at radius 2 is 2.25 bits per heavy atom. The summed E-state index contributed by atoms with van der Waals surface area (Å²) in [6, 6.07) is 9.92. The number of nitriles is 1. The van der Waals surface area contributed by atoms with Gasteiger partial charge in [0, 0.05) is 0 Å². The van der Waals surface area contributed by atoms with Gasteiger partial charge in [0.15, 0.2) is 10.6 Å². The van der Waals surface area contributed by atoms with Crippen molar-refractivity contribution in [3.8, 4) is 22.5 Å². The molecule has 0 fully saturated rings. The maximum Gasteiger partial charge on any atom is 0.200 e. The van der Waals surface area contributed by atoms with E-state index in [0.717, 1.165) is 4.88 Å². The molecule has 1 aromatic carbocycles. The van der Waals surface area contributed by atoms with E-state index >= 15 is 0 Å². The Hall–Kier alpha value is -2.30. The second-order valence-corrected chi connectivity index (χ2v) is 5.28. The van der Waals surface area contributed by atoms with E-state index in [4.69, 9.17) is 17.5 Å². The number of benzene rings is 1. The molecule has 1 N–H and O–H groups in total. The minimum atomic E-state index is -0.514. The average molecular weight is 302 g/mol. The van der Waals surface area contributed by atoms with Crippen molar-refractivity contribution in [2.24, 2.45) is 0 Å². The van der Waals surface area contributed by atoms with E-state index < -0.39 is 5.82 Å². The third-order valence-corrected chi connectivity index (χ3v) is 3.87. The van der Waals surface area contributed by atoms with Gasteiger partial charge in [0.1, 0.15) is 5.82 Å². The molecule has 0 bridgehead atoms. The van der Waals surface area contributed by atoms with Crippen LogP contribution in [-0.2, 0) is 0 Å². The SMILES string of the molecule is N#Cc1ccc(-n2c(-c3cccs3)n[nH]c2=S)c(F)c1. The van der Waals surface area contributed by atoms with Crippen LogP contribution in [0.25, 0.3) is 16.4 Å². The van der Waals surface area contributed by atoms with Crippen LogP contribution >= 0.6 is 23.6 Å². The molecule has 0 aliphatic rings. The molecule has 4 nitrogen and oxygen atoms in total. The summed E-state index contributed by atoms with van der Waals surface area (Å²) in [6.45, 7) is 0. The summed E-state index contributed by atoms with van der Waals surface area (Å²) >= 11 is 6.65. The van der Waals surface area contributed by atoms with Crippen LogP contribution in [0.2, 0.25) is 0 Å². The lowest BCUT2D eigenvalue weighted by molar-refractivity contribution is 0.617. The van der Waals surface area contributed by atoms with Crippen molar-refractivity contribution in [1.82, 2.24) is 14.8 Å². The lowest BCUT2D eigenvalue weighted by Gasteiger charge is -2.07. The first-order valence-electron chi connectivity index (χ1n) is 5.62. The van der Waals surface area contributed by atoms with Crippen LogP contribution in [0.1, 0.15) is 5.56 Å². The highest BCUT2D eigenvalue weighted by Crippen LogP contribution is 2.26. The molecule has 0 radical (unpaired) electrons. The molecule has 0 atom stereocenters. The van der Waals surface area contributed by atoms with Gasteiger partial charge in [-0.1, -0.05) is 6.07 Å². The number of aromatic nitrogens is 3. The Kier molecular flexibility index (Phi) is 3.18. The fraction of sp³-hybridized carbons (Fsp3) is 0. The molecule has 2 aromatic heterocycles. The van der Waals surface area contributed by atoms with E-state index in [1.54, 1.807) is 6.07 Å². The summed E-state index contributed by atoms with van der Waals surface area (Å²) in [4.78, 5) is 0.876. The number of halogens is 1. The predicted molar refractivity (Wildman–Crippen MR) is 76.7 cm³/mol. The Morgan fingerprint density at radius 1 is 1.40 bits per heavy atom. The van der Waals surface area contributed by atoms with E-state index in [0.29, 0.717) is 10.6 Å². The first-order chi connectivity index (χ1) is 9.70. The molecular weight excluding hydrogens is 295 g/mol. The van der Waals surface area contributed by atoms with Crippen molar-refractivity contribution in [1.29, 1.82) is 5.26 Å². The fourth-order valence-electron chi connectivity index (χ4n) is 1.85. The van der Waals surface area contributed by atoms with Gasteiger partial charge in [-0.2, -0.15) is 10.4 Å². The Morgan fingerprint density at radius 3 is 2.90 bits per heavy atom. The Bertz CT molecular complexity index is 855. The predicted octanol–water partition coefficient (Wildman–Crippen LogP) is 3.67. The summed E-state index contributed by atoms with van der Waals surface area (Å²) in [6.07, 6.45) is 0. The third kappa shape index (κ3) is 2.05. The van der Waals surface area contributed by atoms with Gasteiger partial charge in [0.25, 0.3) is 0 Å². The summed E-state index contributed by atoms with van der Waals surface area (Å²) in [5, 5.41) is 17.5. The van der Waals surface area contributed by atoms with Gasteiger partial charge in [0.05, 0.1) is 22.2 Å². The van der Waals surface area contributed by atoms with Crippen LogP contribution < -0.4 is 0 Å². The number of aromatic amines is 1. The van der Waals surface area contributed by atoms with Crippen molar-refractivity contribution < 1.29 is 4.39 Å². The molecule has 0 spiro atoms. The lowest BCUT2D eigenvalue weighted by Crippen LogP contribution is -2.00. The van der Waals surface area contributed by atoms with Gasteiger partial charge in [0.2, 0.25) is 0 Å². The molecule has 2 heterocycles. The number of thiophene rings is 1.